The molecule has 3 heterocycles. The van der Waals surface area contributed by atoms with Gasteiger partial charge in [-0.15, -0.1) is 0 Å². The molecule has 1 N–H and O–H groups in total. The molecule has 2 aromatic heterocycles. The molecule has 1 aliphatic heterocycles. The Kier molecular flexibility index (Phi) is 3.08. The summed E-state index contributed by atoms with van der Waals surface area (Å²) in [5.41, 5.74) is 0.937. The molecule has 0 bridgehead atoms. The van der Waals surface area contributed by atoms with Gasteiger partial charge in [-0.05, 0) is 24.5 Å². The van der Waals surface area contributed by atoms with Gasteiger partial charge in [-0.3, -0.25) is 10.1 Å². The third kappa shape index (κ3) is 2.15. The zero-order valence-corrected chi connectivity index (χ0v) is 11.0. The minimum absolute atomic E-state index is 0.131. The number of H-pyrrole nitrogens is 1. The van der Waals surface area contributed by atoms with Crippen molar-refractivity contribution in [3.8, 4) is 0 Å². The van der Waals surface area contributed by atoms with Crippen molar-refractivity contribution in [2.45, 2.75) is 23.8 Å². The average Bonchev–Trinajstić information content (AvgIpc) is 3.11. The lowest BCUT2D eigenvalue weighted by atomic mass is 10.1. The van der Waals surface area contributed by atoms with Crippen LogP contribution < -0.4 is 0 Å². The maximum Gasteiger partial charge on any atom is 0.246 e. The summed E-state index contributed by atoms with van der Waals surface area (Å²) in [6, 6.07) is 3.62. The molecular weight excluding hydrogens is 264 g/mol. The molecule has 0 aliphatic carbocycles. The van der Waals surface area contributed by atoms with E-state index >= 15 is 0 Å². The fourth-order valence-electron chi connectivity index (χ4n) is 2.45. The van der Waals surface area contributed by atoms with Crippen LogP contribution in [-0.4, -0.2) is 34.4 Å². The second-order valence-electron chi connectivity index (χ2n) is 4.49. The molecule has 1 saturated heterocycles. The lowest BCUT2D eigenvalue weighted by Gasteiger charge is -2.23. The largest absolute Gasteiger partial charge is 0.284 e. The van der Waals surface area contributed by atoms with Gasteiger partial charge >= 0.3 is 0 Å². The Labute approximate surface area is 111 Å². The number of aromatic amines is 1. The molecule has 3 rings (SSSR count). The van der Waals surface area contributed by atoms with Crippen LogP contribution in [-0.2, 0) is 10.0 Å². The Morgan fingerprint density at radius 3 is 2.95 bits per heavy atom. The first-order valence-corrected chi connectivity index (χ1v) is 7.54. The fraction of sp³-hybridized carbons (Fsp3) is 0.333. The first-order valence-electron chi connectivity index (χ1n) is 6.10. The van der Waals surface area contributed by atoms with Gasteiger partial charge in [0.2, 0.25) is 10.0 Å². The van der Waals surface area contributed by atoms with E-state index in [9.17, 15) is 8.42 Å². The Hall–Kier alpha value is -1.73. The predicted octanol–water partition coefficient (Wildman–Crippen LogP) is 1.33. The lowest BCUT2D eigenvalue weighted by Crippen LogP contribution is -2.30. The van der Waals surface area contributed by atoms with Crippen molar-refractivity contribution in [3.05, 3.63) is 42.5 Å². The van der Waals surface area contributed by atoms with Crippen molar-refractivity contribution in [2.75, 3.05) is 6.54 Å². The van der Waals surface area contributed by atoms with Gasteiger partial charge in [0, 0.05) is 25.1 Å². The van der Waals surface area contributed by atoms with Crippen LogP contribution in [0.2, 0.25) is 0 Å². The molecule has 1 unspecified atom stereocenters. The third-order valence-corrected chi connectivity index (χ3v) is 5.23. The van der Waals surface area contributed by atoms with Crippen molar-refractivity contribution in [2.24, 2.45) is 0 Å². The van der Waals surface area contributed by atoms with Gasteiger partial charge in [0.25, 0.3) is 0 Å². The van der Waals surface area contributed by atoms with Crippen LogP contribution in [0.5, 0.6) is 0 Å². The number of nitrogens with zero attached hydrogens (tertiary/aromatic N) is 3. The first-order chi connectivity index (χ1) is 9.19. The topological polar surface area (TPSA) is 79.0 Å². The van der Waals surface area contributed by atoms with Gasteiger partial charge < -0.3 is 0 Å². The van der Waals surface area contributed by atoms with Crippen LogP contribution in [0.1, 0.15) is 24.4 Å². The summed E-state index contributed by atoms with van der Waals surface area (Å²) in [6.07, 6.45) is 7.85. The van der Waals surface area contributed by atoms with Crippen LogP contribution in [0.3, 0.4) is 0 Å². The van der Waals surface area contributed by atoms with Crippen LogP contribution >= 0.6 is 0 Å². The van der Waals surface area contributed by atoms with Crippen molar-refractivity contribution in [1.29, 1.82) is 0 Å². The normalized spacial score (nSPS) is 20.7. The number of rotatable bonds is 3. The third-order valence-electron chi connectivity index (χ3n) is 3.35. The van der Waals surface area contributed by atoms with Crippen LogP contribution in [0.25, 0.3) is 0 Å². The van der Waals surface area contributed by atoms with E-state index in [-0.39, 0.29) is 10.9 Å². The van der Waals surface area contributed by atoms with Crippen molar-refractivity contribution in [3.63, 3.8) is 0 Å². The minimum Gasteiger partial charge on any atom is -0.284 e. The number of pyridine rings is 1. The highest BCUT2D eigenvalue weighted by Gasteiger charge is 2.36. The van der Waals surface area contributed by atoms with E-state index in [2.05, 4.69) is 15.2 Å². The summed E-state index contributed by atoms with van der Waals surface area (Å²) in [5.74, 6) is 0. The molecule has 0 aromatic carbocycles. The van der Waals surface area contributed by atoms with Crippen LogP contribution in [0, 0.1) is 0 Å². The number of hydrogen-bond acceptors (Lipinski definition) is 4. The smallest absolute Gasteiger partial charge is 0.246 e. The van der Waals surface area contributed by atoms with Crippen molar-refractivity contribution < 1.29 is 8.42 Å². The molecule has 100 valence electrons. The van der Waals surface area contributed by atoms with Gasteiger partial charge in [0.05, 0.1) is 12.2 Å². The zero-order chi connectivity index (χ0) is 13.3. The second-order valence-corrected chi connectivity index (χ2v) is 6.38. The highest BCUT2D eigenvalue weighted by Crippen LogP contribution is 2.35. The fourth-order valence-corrected chi connectivity index (χ4v) is 4.04. The number of aromatic nitrogens is 3. The van der Waals surface area contributed by atoms with E-state index in [1.54, 1.807) is 12.4 Å². The number of nitrogens with one attached hydrogen (secondary N) is 1. The molecule has 0 saturated carbocycles. The summed E-state index contributed by atoms with van der Waals surface area (Å²) in [6.45, 7) is 0.535. The lowest BCUT2D eigenvalue weighted by molar-refractivity contribution is 0.396. The molecular formula is C12H14N4O2S. The first kappa shape index (κ1) is 12.3. The quantitative estimate of drug-likeness (QED) is 0.918. The number of sulfonamides is 1. The molecule has 1 atom stereocenters. The van der Waals surface area contributed by atoms with Crippen LogP contribution in [0.15, 0.2) is 41.8 Å². The summed E-state index contributed by atoms with van der Waals surface area (Å²) < 4.78 is 26.6. The van der Waals surface area contributed by atoms with E-state index in [0.717, 1.165) is 18.4 Å². The van der Waals surface area contributed by atoms with Gasteiger partial charge in [0.1, 0.15) is 4.90 Å². The second kappa shape index (κ2) is 4.75. The Bertz CT molecular complexity index is 640. The Morgan fingerprint density at radius 2 is 2.26 bits per heavy atom. The van der Waals surface area contributed by atoms with Crippen molar-refractivity contribution >= 4 is 10.0 Å². The number of hydrogen-bond donors (Lipinski definition) is 1. The molecule has 1 fully saturated rings. The summed E-state index contributed by atoms with van der Waals surface area (Å²) >= 11 is 0. The molecule has 7 heteroatoms. The van der Waals surface area contributed by atoms with Gasteiger partial charge in [-0.2, -0.15) is 9.40 Å². The molecule has 2 aromatic rings. The monoisotopic (exact) mass is 278 g/mol. The molecule has 0 amide bonds. The minimum atomic E-state index is -3.48. The van der Waals surface area contributed by atoms with Crippen LogP contribution in [0.4, 0.5) is 0 Å². The highest BCUT2D eigenvalue weighted by molar-refractivity contribution is 7.89. The molecule has 1 aliphatic rings. The van der Waals surface area contributed by atoms with E-state index in [4.69, 9.17) is 0 Å². The maximum atomic E-state index is 12.5. The predicted molar refractivity (Wildman–Crippen MR) is 68.7 cm³/mol. The summed E-state index contributed by atoms with van der Waals surface area (Å²) in [4.78, 5) is 4.28. The van der Waals surface area contributed by atoms with Gasteiger partial charge in [-0.25, -0.2) is 8.42 Å². The van der Waals surface area contributed by atoms with Crippen molar-refractivity contribution in [1.82, 2.24) is 19.5 Å². The molecule has 0 spiro atoms. The van der Waals surface area contributed by atoms with Gasteiger partial charge in [0.15, 0.2) is 0 Å². The average molecular weight is 278 g/mol. The Balaban J connectivity index is 1.97. The Morgan fingerprint density at radius 1 is 1.37 bits per heavy atom. The van der Waals surface area contributed by atoms with Gasteiger partial charge in [-0.1, -0.05) is 6.07 Å². The van der Waals surface area contributed by atoms with E-state index in [0.29, 0.717) is 6.54 Å². The van der Waals surface area contributed by atoms with E-state index < -0.39 is 10.0 Å². The standard InChI is InChI=1S/C12H14N4O2S/c17-19(18,11-8-14-15-9-11)16-6-2-4-12(16)10-3-1-5-13-7-10/h1,3,5,7-9,12H,2,4,6H2,(H,14,15). The molecule has 0 radical (unpaired) electrons. The maximum absolute atomic E-state index is 12.5. The zero-order valence-electron chi connectivity index (χ0n) is 10.2. The molecule has 6 nitrogen and oxygen atoms in total. The molecule has 19 heavy (non-hydrogen) atoms. The summed E-state index contributed by atoms with van der Waals surface area (Å²) in [5, 5.41) is 6.26. The summed E-state index contributed by atoms with van der Waals surface area (Å²) in [7, 11) is -3.48. The highest BCUT2D eigenvalue weighted by atomic mass is 32.2. The van der Waals surface area contributed by atoms with E-state index in [1.807, 2.05) is 12.1 Å². The van der Waals surface area contributed by atoms with E-state index in [1.165, 1.54) is 16.7 Å². The SMILES string of the molecule is O=S(=O)(c1cn[nH]c1)N1CCCC1c1cccnc1.